The molecule has 0 spiro atoms. The number of aromatic amines is 1. The first-order chi connectivity index (χ1) is 11.9. The third-order valence-electron chi connectivity index (χ3n) is 5.05. The van der Waals surface area contributed by atoms with Gasteiger partial charge < -0.3 is 4.74 Å². The lowest BCUT2D eigenvalue weighted by atomic mass is 9.95. The summed E-state index contributed by atoms with van der Waals surface area (Å²) < 4.78 is 47.3. The molecule has 4 rings (SSSR count). The van der Waals surface area contributed by atoms with Crippen molar-refractivity contribution in [2.24, 2.45) is 0 Å². The van der Waals surface area contributed by atoms with Crippen LogP contribution in [0, 0.1) is 11.6 Å². The van der Waals surface area contributed by atoms with E-state index in [1.165, 1.54) is 0 Å². The molecule has 1 aromatic carbocycles. The maximum absolute atomic E-state index is 14.2. The Hall–Kier alpha value is -1.61. The van der Waals surface area contributed by atoms with Gasteiger partial charge in [0.2, 0.25) is 0 Å². The van der Waals surface area contributed by atoms with E-state index in [0.29, 0.717) is 13.0 Å². The van der Waals surface area contributed by atoms with E-state index < -0.39 is 39.8 Å². The fourth-order valence-electron chi connectivity index (χ4n) is 3.91. The average Bonchev–Trinajstić information content (AvgIpc) is 3.06. The number of ether oxygens (including phenoxy) is 1. The van der Waals surface area contributed by atoms with E-state index in [2.05, 4.69) is 25.9 Å². The Balaban J connectivity index is 1.67. The minimum atomic E-state index is -0.907. The van der Waals surface area contributed by atoms with E-state index in [1.807, 2.05) is 4.90 Å². The molecular weight excluding hydrogens is 403 g/mol. The molecule has 2 aliphatic rings. The van der Waals surface area contributed by atoms with Crippen molar-refractivity contribution in [3.8, 4) is 6.01 Å². The van der Waals surface area contributed by atoms with E-state index in [-0.39, 0.29) is 17.1 Å². The second kappa shape index (κ2) is 5.98. The lowest BCUT2D eigenvalue weighted by Crippen LogP contribution is -2.43. The van der Waals surface area contributed by atoms with Crippen molar-refractivity contribution in [3.05, 3.63) is 32.5 Å². The van der Waals surface area contributed by atoms with Gasteiger partial charge in [-0.3, -0.25) is 14.7 Å². The molecule has 2 aromatic rings. The summed E-state index contributed by atoms with van der Waals surface area (Å²) in [6, 6.07) is 0.683. The lowest BCUT2D eigenvalue weighted by Gasteiger charge is -2.30. The maximum atomic E-state index is 14.2. The number of nitrogens with one attached hydrogen (secondary N) is 1. The number of benzene rings is 1. The van der Waals surface area contributed by atoms with E-state index in [0.717, 1.165) is 25.5 Å². The molecule has 1 N–H and O–H groups in total. The molecule has 0 radical (unpaired) electrons. The summed E-state index contributed by atoms with van der Waals surface area (Å²) in [5, 5.41) is -0.460. The van der Waals surface area contributed by atoms with Gasteiger partial charge in [-0.25, -0.2) is 13.2 Å². The molecule has 2 aliphatic heterocycles. The predicted octanol–water partition coefficient (Wildman–Crippen LogP) is 2.92. The van der Waals surface area contributed by atoms with Crippen molar-refractivity contribution in [1.82, 2.24) is 14.9 Å². The van der Waals surface area contributed by atoms with Gasteiger partial charge in [0.05, 0.1) is 10.0 Å². The Labute approximate surface area is 149 Å². The van der Waals surface area contributed by atoms with E-state index in [4.69, 9.17) is 4.74 Å². The molecule has 0 saturated carbocycles. The van der Waals surface area contributed by atoms with Gasteiger partial charge in [-0.1, -0.05) is 0 Å². The standard InChI is InChI=1S/C16H15BrF3N3O2/c17-9-4-10(19)11-13(12(9)20)21-15(22-14(11)24)25-7-16-2-1-3-23(16)6-8(18)5-16/h4,8H,1-3,5-7H2,(H,21,22,24)/t8-,16+/m1/s1. The summed E-state index contributed by atoms with van der Waals surface area (Å²) in [7, 11) is 0. The molecule has 25 heavy (non-hydrogen) atoms. The van der Waals surface area contributed by atoms with Crippen LogP contribution >= 0.6 is 15.9 Å². The van der Waals surface area contributed by atoms with Gasteiger partial charge in [-0.15, -0.1) is 0 Å². The summed E-state index contributed by atoms with van der Waals surface area (Å²) in [6.07, 6.45) is 1.19. The number of fused-ring (bicyclic) bond motifs is 2. The fourth-order valence-corrected chi connectivity index (χ4v) is 4.30. The van der Waals surface area contributed by atoms with E-state index in [1.54, 1.807) is 0 Å². The first-order valence-electron chi connectivity index (χ1n) is 7.99. The number of hydrogen-bond acceptors (Lipinski definition) is 4. The molecule has 0 amide bonds. The molecule has 0 bridgehead atoms. The Morgan fingerprint density at radius 3 is 3.08 bits per heavy atom. The Kier molecular flexibility index (Phi) is 4.03. The topological polar surface area (TPSA) is 58.2 Å². The molecule has 9 heteroatoms. The number of rotatable bonds is 3. The van der Waals surface area contributed by atoms with Crippen molar-refractivity contribution in [3.63, 3.8) is 0 Å². The van der Waals surface area contributed by atoms with E-state index in [9.17, 15) is 18.0 Å². The van der Waals surface area contributed by atoms with Crippen LogP contribution < -0.4 is 10.3 Å². The summed E-state index contributed by atoms with van der Waals surface area (Å²) >= 11 is 2.90. The summed E-state index contributed by atoms with van der Waals surface area (Å²) in [6.45, 7) is 1.32. The zero-order chi connectivity index (χ0) is 17.8. The van der Waals surface area contributed by atoms with Gasteiger partial charge in [-0.2, -0.15) is 4.98 Å². The highest BCUT2D eigenvalue weighted by atomic mass is 79.9. The molecule has 0 unspecified atom stereocenters. The normalized spacial score (nSPS) is 26.3. The summed E-state index contributed by atoms with van der Waals surface area (Å²) in [5.41, 5.74) is -1.64. The zero-order valence-electron chi connectivity index (χ0n) is 13.1. The highest BCUT2D eigenvalue weighted by Crippen LogP contribution is 2.40. The van der Waals surface area contributed by atoms with Crippen LogP contribution in [0.1, 0.15) is 19.3 Å². The van der Waals surface area contributed by atoms with Crippen LogP contribution in [-0.2, 0) is 0 Å². The number of aromatic nitrogens is 2. The minimum Gasteiger partial charge on any atom is -0.463 e. The van der Waals surface area contributed by atoms with E-state index >= 15 is 0 Å². The van der Waals surface area contributed by atoms with Gasteiger partial charge in [0.15, 0.2) is 5.82 Å². The molecule has 2 saturated heterocycles. The molecule has 2 fully saturated rings. The van der Waals surface area contributed by atoms with Crippen LogP contribution in [0.4, 0.5) is 13.2 Å². The maximum Gasteiger partial charge on any atom is 0.297 e. The number of H-pyrrole nitrogens is 1. The smallest absolute Gasteiger partial charge is 0.297 e. The SMILES string of the molecule is O=c1[nH]c(OC[C@@]23CCCN2C[C@H](F)C3)nc2c(F)c(Br)cc(F)c12. The quantitative estimate of drug-likeness (QED) is 0.780. The molecule has 134 valence electrons. The fraction of sp³-hybridized carbons (Fsp3) is 0.500. The second-order valence-corrected chi connectivity index (χ2v) is 7.47. The first-order valence-corrected chi connectivity index (χ1v) is 8.78. The van der Waals surface area contributed by atoms with Crippen molar-refractivity contribution in [1.29, 1.82) is 0 Å². The van der Waals surface area contributed by atoms with Gasteiger partial charge >= 0.3 is 0 Å². The van der Waals surface area contributed by atoms with Crippen LogP contribution in [0.3, 0.4) is 0 Å². The van der Waals surface area contributed by atoms with Gasteiger partial charge in [0.1, 0.15) is 29.5 Å². The van der Waals surface area contributed by atoms with Gasteiger partial charge in [0, 0.05) is 13.0 Å². The Morgan fingerprint density at radius 1 is 1.48 bits per heavy atom. The number of hydrogen-bond donors (Lipinski definition) is 1. The number of halogens is 4. The predicted molar refractivity (Wildman–Crippen MR) is 88.5 cm³/mol. The Morgan fingerprint density at radius 2 is 2.28 bits per heavy atom. The lowest BCUT2D eigenvalue weighted by molar-refractivity contribution is 0.107. The molecule has 0 aliphatic carbocycles. The van der Waals surface area contributed by atoms with Crippen LogP contribution in [0.2, 0.25) is 0 Å². The van der Waals surface area contributed by atoms with Gasteiger partial charge in [-0.05, 0) is 41.4 Å². The third-order valence-corrected chi connectivity index (χ3v) is 5.62. The molecule has 5 nitrogen and oxygen atoms in total. The summed E-state index contributed by atoms with van der Waals surface area (Å²) in [5.74, 6) is -1.71. The highest BCUT2D eigenvalue weighted by Gasteiger charge is 2.49. The second-order valence-electron chi connectivity index (χ2n) is 6.61. The largest absolute Gasteiger partial charge is 0.463 e. The van der Waals surface area contributed by atoms with Crippen LogP contribution in [0.5, 0.6) is 6.01 Å². The average molecular weight is 418 g/mol. The number of alkyl halides is 1. The molecule has 3 heterocycles. The molecule has 2 atom stereocenters. The summed E-state index contributed by atoms with van der Waals surface area (Å²) in [4.78, 5) is 20.4. The van der Waals surface area contributed by atoms with Gasteiger partial charge in [0.25, 0.3) is 11.6 Å². The van der Waals surface area contributed by atoms with Crippen molar-refractivity contribution >= 4 is 26.8 Å². The van der Waals surface area contributed by atoms with Crippen molar-refractivity contribution in [2.75, 3.05) is 19.7 Å². The third kappa shape index (κ3) is 2.73. The van der Waals surface area contributed by atoms with Crippen molar-refractivity contribution in [2.45, 2.75) is 31.0 Å². The van der Waals surface area contributed by atoms with Crippen LogP contribution in [0.15, 0.2) is 15.3 Å². The Bertz CT molecular complexity index is 906. The minimum absolute atomic E-state index is 0.127. The zero-order valence-corrected chi connectivity index (χ0v) is 14.7. The van der Waals surface area contributed by atoms with Crippen molar-refractivity contribution < 1.29 is 17.9 Å². The molecule has 1 aromatic heterocycles. The monoisotopic (exact) mass is 417 g/mol. The molecular formula is C16H15BrF3N3O2. The van der Waals surface area contributed by atoms with Crippen LogP contribution in [0.25, 0.3) is 10.9 Å². The highest BCUT2D eigenvalue weighted by molar-refractivity contribution is 9.10. The number of nitrogens with zero attached hydrogens (tertiary/aromatic N) is 2. The first kappa shape index (κ1) is 16.8. The van der Waals surface area contributed by atoms with Crippen LogP contribution in [-0.4, -0.2) is 46.3 Å².